The van der Waals surface area contributed by atoms with Crippen LogP contribution in [-0.4, -0.2) is 56.2 Å². The van der Waals surface area contributed by atoms with Crippen LogP contribution in [0.15, 0.2) is 18.6 Å². The Morgan fingerprint density at radius 2 is 1.97 bits per heavy atom. The van der Waals surface area contributed by atoms with Crippen molar-refractivity contribution in [2.45, 2.75) is 70.3 Å². The van der Waals surface area contributed by atoms with E-state index in [-0.39, 0.29) is 17.9 Å². The van der Waals surface area contributed by atoms with Gasteiger partial charge < -0.3 is 9.64 Å². The minimum absolute atomic E-state index is 0.0400. The summed E-state index contributed by atoms with van der Waals surface area (Å²) in [7, 11) is 0. The number of ether oxygens (including phenoxy) is 1. The maximum Gasteiger partial charge on any atom is 0.255 e. The van der Waals surface area contributed by atoms with Crippen molar-refractivity contribution in [3.05, 3.63) is 35.5 Å². The molecule has 176 valence electrons. The quantitative estimate of drug-likeness (QED) is 0.625. The molecule has 2 aromatic heterocycles. The van der Waals surface area contributed by atoms with Gasteiger partial charge in [-0.15, -0.1) is 0 Å². The fraction of sp³-hybridized carbons (Fsp3) is 0.667. The molecule has 1 amide bonds. The zero-order valence-corrected chi connectivity index (χ0v) is 19.1. The number of pyridine rings is 1. The predicted molar refractivity (Wildman–Crippen MR) is 115 cm³/mol. The molecular formula is C24H29F2N5O2. The van der Waals surface area contributed by atoms with E-state index >= 15 is 0 Å². The Morgan fingerprint density at radius 3 is 2.58 bits per heavy atom. The van der Waals surface area contributed by atoms with Gasteiger partial charge in [0.25, 0.3) is 11.8 Å². The number of aryl methyl sites for hydroxylation is 1. The number of halogens is 2. The number of hydrogen-bond acceptors (Lipinski definition) is 5. The van der Waals surface area contributed by atoms with E-state index in [2.05, 4.69) is 15.1 Å². The first kappa shape index (κ1) is 21.0. The normalized spacial score (nSPS) is 23.2. The number of nitrogens with zero attached hydrogens (tertiary/aromatic N) is 5. The molecule has 4 aliphatic rings. The van der Waals surface area contributed by atoms with Gasteiger partial charge in [0.15, 0.2) is 5.82 Å². The first-order chi connectivity index (χ1) is 15.7. The van der Waals surface area contributed by atoms with Crippen molar-refractivity contribution in [2.24, 2.45) is 10.8 Å². The monoisotopic (exact) mass is 457 g/mol. The predicted octanol–water partition coefficient (Wildman–Crippen LogP) is 4.15. The van der Waals surface area contributed by atoms with Gasteiger partial charge in [-0.1, -0.05) is 0 Å². The molecule has 6 rings (SSSR count). The third kappa shape index (κ3) is 3.60. The number of amides is 1. The summed E-state index contributed by atoms with van der Waals surface area (Å²) in [5.74, 6) is -0.942. The van der Waals surface area contributed by atoms with E-state index in [1.807, 2.05) is 15.9 Å². The smallest absolute Gasteiger partial charge is 0.255 e. The molecule has 0 N–H and O–H groups in total. The Hall–Kier alpha value is -2.58. The van der Waals surface area contributed by atoms with Crippen LogP contribution in [0.2, 0.25) is 0 Å². The summed E-state index contributed by atoms with van der Waals surface area (Å²) in [6.07, 6.45) is 8.73. The Morgan fingerprint density at radius 1 is 1.24 bits per heavy atom. The third-order valence-corrected chi connectivity index (χ3v) is 8.07. The van der Waals surface area contributed by atoms with E-state index in [4.69, 9.17) is 4.74 Å². The van der Waals surface area contributed by atoms with Gasteiger partial charge in [-0.05, 0) is 51.5 Å². The molecule has 33 heavy (non-hydrogen) atoms. The van der Waals surface area contributed by atoms with Crippen LogP contribution in [0.5, 0.6) is 5.88 Å². The summed E-state index contributed by atoms with van der Waals surface area (Å²) in [6.45, 7) is 4.19. The molecule has 2 aromatic rings. The first-order valence-corrected chi connectivity index (χ1v) is 11.8. The van der Waals surface area contributed by atoms with Crippen molar-refractivity contribution in [2.75, 3.05) is 19.7 Å². The number of hydrogen-bond donors (Lipinski definition) is 0. The molecule has 0 atom stereocenters. The fourth-order valence-electron chi connectivity index (χ4n) is 5.37. The topological polar surface area (TPSA) is 73.1 Å². The maximum atomic E-state index is 13.8. The van der Waals surface area contributed by atoms with Gasteiger partial charge in [-0.3, -0.25) is 4.79 Å². The lowest BCUT2D eigenvalue weighted by atomic mass is 9.60. The second-order valence-corrected chi connectivity index (χ2v) is 10.9. The first-order valence-electron chi connectivity index (χ1n) is 11.8. The lowest BCUT2D eigenvalue weighted by Crippen LogP contribution is -2.63. The van der Waals surface area contributed by atoms with Gasteiger partial charge in [-0.2, -0.15) is 5.10 Å². The maximum absolute atomic E-state index is 13.8. The molecular weight excluding hydrogens is 428 g/mol. The summed E-state index contributed by atoms with van der Waals surface area (Å²) in [5, 5.41) is 4.65. The van der Waals surface area contributed by atoms with Gasteiger partial charge in [0.2, 0.25) is 5.88 Å². The molecule has 1 aliphatic heterocycles. The summed E-state index contributed by atoms with van der Waals surface area (Å²) in [5.41, 5.74) is 0.320. The van der Waals surface area contributed by atoms with Crippen molar-refractivity contribution in [3.63, 3.8) is 0 Å². The second kappa shape index (κ2) is 6.96. The van der Waals surface area contributed by atoms with Crippen LogP contribution >= 0.6 is 0 Å². The van der Waals surface area contributed by atoms with E-state index in [9.17, 15) is 13.6 Å². The van der Waals surface area contributed by atoms with E-state index in [0.717, 1.165) is 38.7 Å². The highest BCUT2D eigenvalue weighted by atomic mass is 19.3. The minimum Gasteiger partial charge on any atom is -0.477 e. The Labute approximate surface area is 191 Å². The summed E-state index contributed by atoms with van der Waals surface area (Å²) in [4.78, 5) is 23.5. The molecule has 9 heteroatoms. The standard InChI is InChI=1S/C24H29F2N5O2/c1-15-7-17(10-27-20(15)33-13-24(5-6-24)22(2,25)26)21(32)30-11-23(12-30)8-18(9-23)31-14-28-19(29-31)16-3-4-16/h7,10,14,16,18H,3-6,8-9,11-13H2,1-2H3. The number of carbonyl (C=O) groups excluding carboxylic acids is 1. The van der Waals surface area contributed by atoms with Crippen LogP contribution in [-0.2, 0) is 0 Å². The van der Waals surface area contributed by atoms with Crippen LogP contribution in [0, 0.1) is 17.8 Å². The zero-order chi connectivity index (χ0) is 23.0. The molecule has 0 aromatic carbocycles. The third-order valence-electron chi connectivity index (χ3n) is 8.07. The number of likely N-dealkylation sites (tertiary alicyclic amines) is 1. The lowest BCUT2D eigenvalue weighted by molar-refractivity contribution is -0.0740. The van der Waals surface area contributed by atoms with E-state index in [1.54, 1.807) is 13.0 Å². The average molecular weight is 458 g/mol. The Balaban J connectivity index is 1.02. The Bertz CT molecular complexity index is 1090. The van der Waals surface area contributed by atoms with E-state index in [0.29, 0.717) is 41.8 Å². The summed E-state index contributed by atoms with van der Waals surface area (Å²) in [6, 6.07) is 2.13. The second-order valence-electron chi connectivity index (χ2n) is 10.9. The number of carbonyl (C=O) groups is 1. The number of aromatic nitrogens is 4. The zero-order valence-electron chi connectivity index (χ0n) is 19.1. The summed E-state index contributed by atoms with van der Waals surface area (Å²) < 4.78 is 35.2. The fourth-order valence-corrected chi connectivity index (χ4v) is 5.37. The molecule has 0 bridgehead atoms. The lowest BCUT2D eigenvalue weighted by Gasteiger charge is -2.58. The minimum atomic E-state index is -2.77. The molecule has 3 aliphatic carbocycles. The van der Waals surface area contributed by atoms with E-state index in [1.165, 1.54) is 19.0 Å². The van der Waals surface area contributed by atoms with Crippen LogP contribution < -0.4 is 4.74 Å². The van der Waals surface area contributed by atoms with Gasteiger partial charge in [-0.25, -0.2) is 23.4 Å². The van der Waals surface area contributed by atoms with Crippen molar-refractivity contribution in [3.8, 4) is 5.88 Å². The van der Waals surface area contributed by atoms with Crippen LogP contribution in [0.25, 0.3) is 0 Å². The highest BCUT2D eigenvalue weighted by Gasteiger charge is 2.60. The highest BCUT2D eigenvalue weighted by molar-refractivity contribution is 5.94. The SMILES string of the molecule is Cc1cc(C(=O)N2CC3(CC(n4cnc(C5CC5)n4)C3)C2)cnc1OCC1(C(C)(F)F)CC1. The van der Waals surface area contributed by atoms with Crippen molar-refractivity contribution in [1.29, 1.82) is 0 Å². The molecule has 1 saturated heterocycles. The highest BCUT2D eigenvalue weighted by Crippen LogP contribution is 2.57. The van der Waals surface area contributed by atoms with Crippen molar-refractivity contribution >= 4 is 5.91 Å². The van der Waals surface area contributed by atoms with Crippen LogP contribution in [0.4, 0.5) is 8.78 Å². The van der Waals surface area contributed by atoms with Gasteiger partial charge in [0.1, 0.15) is 12.9 Å². The molecule has 3 heterocycles. The van der Waals surface area contributed by atoms with Crippen LogP contribution in [0.1, 0.15) is 79.2 Å². The molecule has 7 nitrogen and oxygen atoms in total. The summed E-state index contributed by atoms with van der Waals surface area (Å²) >= 11 is 0. The van der Waals surface area contributed by atoms with Gasteiger partial charge in [0, 0.05) is 43.1 Å². The largest absolute Gasteiger partial charge is 0.477 e. The number of rotatable bonds is 7. The molecule has 4 fully saturated rings. The Kier molecular flexibility index (Phi) is 4.43. The van der Waals surface area contributed by atoms with Gasteiger partial charge >= 0.3 is 0 Å². The number of alkyl halides is 2. The molecule has 3 saturated carbocycles. The molecule has 1 spiro atoms. The molecule has 0 radical (unpaired) electrons. The van der Waals surface area contributed by atoms with E-state index < -0.39 is 11.3 Å². The van der Waals surface area contributed by atoms with Crippen molar-refractivity contribution in [1.82, 2.24) is 24.6 Å². The van der Waals surface area contributed by atoms with Crippen molar-refractivity contribution < 1.29 is 18.3 Å². The average Bonchev–Trinajstić information content (AvgIpc) is 3.63. The van der Waals surface area contributed by atoms with Crippen LogP contribution in [0.3, 0.4) is 0 Å². The van der Waals surface area contributed by atoms with Gasteiger partial charge in [0.05, 0.1) is 17.0 Å². The molecule has 0 unspecified atom stereocenters.